The van der Waals surface area contributed by atoms with Gasteiger partial charge in [-0.15, -0.1) is 0 Å². The van der Waals surface area contributed by atoms with Crippen LogP contribution in [-0.4, -0.2) is 35.2 Å². The number of nitrogens with one attached hydrogen (secondary N) is 3. The maximum Gasteiger partial charge on any atom is 0.325 e. The first-order chi connectivity index (χ1) is 13.7. The third-order valence-corrected chi connectivity index (χ3v) is 4.81. The minimum Gasteiger partial charge on any atom is -0.326 e. The summed E-state index contributed by atoms with van der Waals surface area (Å²) in [6.45, 7) is 2.50. The lowest BCUT2D eigenvalue weighted by Gasteiger charge is -2.23. The Kier molecular flexibility index (Phi) is 5.56. The maximum atomic E-state index is 12.9. The molecule has 0 saturated carbocycles. The molecule has 0 radical (unpaired) electrons. The zero-order valence-corrected chi connectivity index (χ0v) is 16.5. The number of benzene rings is 2. The number of rotatable bonds is 5. The summed E-state index contributed by atoms with van der Waals surface area (Å²) in [4.78, 5) is 49.5. The van der Waals surface area contributed by atoms with E-state index in [0.717, 1.165) is 4.90 Å². The molecule has 0 spiro atoms. The lowest BCUT2D eigenvalue weighted by molar-refractivity contribution is -0.133. The van der Waals surface area contributed by atoms with E-state index in [1.165, 1.54) is 6.92 Å². The van der Waals surface area contributed by atoms with Crippen LogP contribution in [0, 0.1) is 0 Å². The Labute approximate surface area is 172 Å². The topological polar surface area (TPSA) is 108 Å². The van der Waals surface area contributed by atoms with Crippen molar-refractivity contribution in [3.63, 3.8) is 0 Å². The van der Waals surface area contributed by atoms with Crippen LogP contribution in [0.1, 0.15) is 19.4 Å². The third-order valence-electron chi connectivity index (χ3n) is 4.48. The Balaban J connectivity index is 1.69. The summed E-state index contributed by atoms with van der Waals surface area (Å²) in [6.07, 6.45) is 0. The molecule has 2 aromatic rings. The fourth-order valence-electron chi connectivity index (χ4n) is 3.07. The molecule has 1 aliphatic rings. The van der Waals surface area contributed by atoms with Crippen LogP contribution in [0.2, 0.25) is 5.02 Å². The van der Waals surface area contributed by atoms with Gasteiger partial charge in [0, 0.05) is 28.9 Å². The van der Waals surface area contributed by atoms with E-state index in [1.807, 2.05) is 0 Å². The number of hydrogen-bond acceptors (Lipinski definition) is 4. The summed E-state index contributed by atoms with van der Waals surface area (Å²) in [7, 11) is 0. The normalized spacial score (nSPS) is 18.4. The number of halogens is 1. The van der Waals surface area contributed by atoms with Gasteiger partial charge in [-0.25, -0.2) is 4.79 Å². The smallest absolute Gasteiger partial charge is 0.325 e. The van der Waals surface area contributed by atoms with Crippen molar-refractivity contribution in [2.45, 2.75) is 19.4 Å². The number of imide groups is 1. The van der Waals surface area contributed by atoms with Crippen LogP contribution in [0.5, 0.6) is 0 Å². The number of hydrogen-bond donors (Lipinski definition) is 3. The SMILES string of the molecule is CC(=O)Nc1ccc(NC(=O)CN2C(=O)N[C@](C)(c3ccccc3Cl)C2=O)cc1. The Hall–Kier alpha value is -3.39. The lowest BCUT2D eigenvalue weighted by Crippen LogP contribution is -2.42. The highest BCUT2D eigenvalue weighted by atomic mass is 35.5. The summed E-state index contributed by atoms with van der Waals surface area (Å²) in [6, 6.07) is 12.5. The van der Waals surface area contributed by atoms with Crippen molar-refractivity contribution in [1.82, 2.24) is 10.2 Å². The molecule has 3 rings (SSSR count). The summed E-state index contributed by atoms with van der Waals surface area (Å²) in [5, 5.41) is 8.19. The number of urea groups is 1. The Bertz CT molecular complexity index is 992. The van der Waals surface area contributed by atoms with Gasteiger partial charge < -0.3 is 16.0 Å². The van der Waals surface area contributed by atoms with Crippen molar-refractivity contribution in [3.05, 3.63) is 59.1 Å². The molecule has 1 aliphatic heterocycles. The Morgan fingerprint density at radius 2 is 1.62 bits per heavy atom. The molecule has 9 heteroatoms. The number of carbonyl (C=O) groups is 4. The zero-order chi connectivity index (χ0) is 21.2. The summed E-state index contributed by atoms with van der Waals surface area (Å²) in [5.41, 5.74) is 0.150. The van der Waals surface area contributed by atoms with Crippen molar-refractivity contribution in [3.8, 4) is 0 Å². The first-order valence-electron chi connectivity index (χ1n) is 8.77. The van der Waals surface area contributed by atoms with E-state index >= 15 is 0 Å². The van der Waals surface area contributed by atoms with Gasteiger partial charge in [0.05, 0.1) is 0 Å². The highest BCUT2D eigenvalue weighted by molar-refractivity contribution is 6.32. The number of carbonyl (C=O) groups excluding carboxylic acids is 4. The van der Waals surface area contributed by atoms with Crippen LogP contribution < -0.4 is 16.0 Å². The molecule has 0 aromatic heterocycles. The summed E-state index contributed by atoms with van der Waals surface area (Å²) in [5.74, 6) is -1.31. The first-order valence-corrected chi connectivity index (χ1v) is 9.15. The predicted molar refractivity (Wildman–Crippen MR) is 108 cm³/mol. The van der Waals surface area contributed by atoms with Crippen LogP contribution in [0.25, 0.3) is 0 Å². The number of amides is 5. The van der Waals surface area contributed by atoms with Crippen LogP contribution in [0.3, 0.4) is 0 Å². The molecule has 29 heavy (non-hydrogen) atoms. The second-order valence-electron chi connectivity index (χ2n) is 6.73. The molecule has 0 bridgehead atoms. The predicted octanol–water partition coefficient (Wildman–Crippen LogP) is 2.70. The van der Waals surface area contributed by atoms with Gasteiger partial charge in [0.1, 0.15) is 12.1 Å². The second kappa shape index (κ2) is 7.92. The molecule has 1 saturated heterocycles. The molecule has 1 fully saturated rings. The van der Waals surface area contributed by atoms with E-state index in [1.54, 1.807) is 55.5 Å². The molecule has 5 amide bonds. The standard InChI is InChI=1S/C20H19ClN4O4/c1-12(26)22-13-7-9-14(10-8-13)23-17(27)11-25-18(28)20(2,24-19(25)29)15-5-3-4-6-16(15)21/h3-10H,11H2,1-2H3,(H,22,26)(H,23,27)(H,24,29)/t20-/m1/s1. The minimum absolute atomic E-state index is 0.207. The van der Waals surface area contributed by atoms with Crippen LogP contribution in [0.4, 0.5) is 16.2 Å². The molecular weight excluding hydrogens is 396 g/mol. The molecule has 0 unspecified atom stereocenters. The van der Waals surface area contributed by atoms with Crippen molar-refractivity contribution in [2.75, 3.05) is 17.2 Å². The first kappa shape index (κ1) is 20.3. The molecule has 8 nitrogen and oxygen atoms in total. The highest BCUT2D eigenvalue weighted by Crippen LogP contribution is 2.33. The fraction of sp³-hybridized carbons (Fsp3) is 0.200. The number of nitrogens with zero attached hydrogens (tertiary/aromatic N) is 1. The van der Waals surface area contributed by atoms with Gasteiger partial charge in [0.2, 0.25) is 11.8 Å². The van der Waals surface area contributed by atoms with Gasteiger partial charge in [-0.1, -0.05) is 29.8 Å². The van der Waals surface area contributed by atoms with Crippen molar-refractivity contribution in [2.24, 2.45) is 0 Å². The quantitative estimate of drug-likeness (QED) is 0.653. The van der Waals surface area contributed by atoms with Crippen LogP contribution >= 0.6 is 11.6 Å². The zero-order valence-electron chi connectivity index (χ0n) is 15.8. The Morgan fingerprint density at radius 3 is 2.21 bits per heavy atom. The van der Waals surface area contributed by atoms with Gasteiger partial charge in [0.25, 0.3) is 5.91 Å². The van der Waals surface area contributed by atoms with E-state index in [9.17, 15) is 19.2 Å². The van der Waals surface area contributed by atoms with Gasteiger partial charge in [-0.05, 0) is 37.3 Å². The average Bonchev–Trinajstić information content (AvgIpc) is 2.87. The van der Waals surface area contributed by atoms with Crippen LogP contribution in [-0.2, 0) is 19.9 Å². The summed E-state index contributed by atoms with van der Waals surface area (Å²) < 4.78 is 0. The van der Waals surface area contributed by atoms with Gasteiger partial charge in [-0.3, -0.25) is 19.3 Å². The largest absolute Gasteiger partial charge is 0.326 e. The minimum atomic E-state index is -1.35. The average molecular weight is 415 g/mol. The number of anilines is 2. The second-order valence-corrected chi connectivity index (χ2v) is 7.14. The monoisotopic (exact) mass is 414 g/mol. The van der Waals surface area contributed by atoms with E-state index in [2.05, 4.69) is 16.0 Å². The molecular formula is C20H19ClN4O4. The van der Waals surface area contributed by atoms with Gasteiger partial charge in [-0.2, -0.15) is 0 Å². The van der Waals surface area contributed by atoms with Crippen molar-refractivity contribution in [1.29, 1.82) is 0 Å². The van der Waals surface area contributed by atoms with E-state index in [0.29, 0.717) is 22.0 Å². The molecule has 1 atom stereocenters. The molecule has 150 valence electrons. The van der Waals surface area contributed by atoms with E-state index in [4.69, 9.17) is 11.6 Å². The van der Waals surface area contributed by atoms with Crippen LogP contribution in [0.15, 0.2) is 48.5 Å². The van der Waals surface area contributed by atoms with E-state index < -0.39 is 29.9 Å². The molecule has 3 N–H and O–H groups in total. The Morgan fingerprint density at radius 1 is 1.03 bits per heavy atom. The fourth-order valence-corrected chi connectivity index (χ4v) is 3.40. The van der Waals surface area contributed by atoms with Crippen molar-refractivity contribution < 1.29 is 19.2 Å². The highest BCUT2D eigenvalue weighted by Gasteiger charge is 2.50. The summed E-state index contributed by atoms with van der Waals surface area (Å²) >= 11 is 6.18. The van der Waals surface area contributed by atoms with Gasteiger partial charge in [0.15, 0.2) is 0 Å². The van der Waals surface area contributed by atoms with Gasteiger partial charge >= 0.3 is 6.03 Å². The lowest BCUT2D eigenvalue weighted by atomic mass is 9.92. The van der Waals surface area contributed by atoms with Crippen molar-refractivity contribution >= 4 is 46.7 Å². The molecule has 2 aromatic carbocycles. The molecule has 1 heterocycles. The third kappa shape index (κ3) is 4.22. The molecule has 0 aliphatic carbocycles. The van der Waals surface area contributed by atoms with E-state index in [-0.39, 0.29) is 5.91 Å². The maximum absolute atomic E-state index is 12.9.